The molecular formula is C7H14OSn. The molecule has 1 aliphatic rings. The number of aliphatic hydroxyl groups excluding tert-OH is 1. The summed E-state index contributed by atoms with van der Waals surface area (Å²) < 4.78 is 1.28. The Morgan fingerprint density at radius 1 is 1.33 bits per heavy atom. The van der Waals surface area contributed by atoms with Crippen LogP contribution in [0, 0.1) is 5.92 Å². The van der Waals surface area contributed by atoms with Crippen LogP contribution in [0.3, 0.4) is 0 Å². The Morgan fingerprint density at radius 2 is 2.00 bits per heavy atom. The maximum absolute atomic E-state index is 9.39. The molecule has 0 saturated heterocycles. The van der Waals surface area contributed by atoms with Gasteiger partial charge in [-0.1, -0.05) is 0 Å². The fourth-order valence-corrected chi connectivity index (χ4v) is 3.03. The van der Waals surface area contributed by atoms with E-state index in [1.54, 1.807) is 0 Å². The topological polar surface area (TPSA) is 20.2 Å². The van der Waals surface area contributed by atoms with Crippen molar-refractivity contribution >= 4 is 22.5 Å². The van der Waals surface area contributed by atoms with Crippen molar-refractivity contribution in [3.8, 4) is 0 Å². The molecule has 1 rings (SSSR count). The SMILES string of the molecule is OC1CCCCC1[CH2][SnH]. The van der Waals surface area contributed by atoms with E-state index in [2.05, 4.69) is 0 Å². The van der Waals surface area contributed by atoms with E-state index >= 15 is 0 Å². The summed E-state index contributed by atoms with van der Waals surface area (Å²) >= 11 is 1.32. The first-order valence-electron chi connectivity index (χ1n) is 3.72. The monoisotopic (exact) mass is 234 g/mol. The van der Waals surface area contributed by atoms with Gasteiger partial charge in [-0.2, -0.15) is 0 Å². The molecule has 0 bridgehead atoms. The molecule has 52 valence electrons. The van der Waals surface area contributed by atoms with E-state index in [9.17, 15) is 5.11 Å². The van der Waals surface area contributed by atoms with E-state index in [4.69, 9.17) is 0 Å². The standard InChI is InChI=1S/C7H13O.Sn.H/c1-6-4-2-3-5-7(6)8;;/h6-8H,1-5H2;;. The first-order chi connectivity index (χ1) is 4.34. The Morgan fingerprint density at radius 3 is 2.44 bits per heavy atom. The van der Waals surface area contributed by atoms with Gasteiger partial charge < -0.3 is 0 Å². The molecule has 1 saturated carbocycles. The van der Waals surface area contributed by atoms with Crippen LogP contribution in [0.1, 0.15) is 25.7 Å². The summed E-state index contributed by atoms with van der Waals surface area (Å²) in [5.41, 5.74) is 0. The van der Waals surface area contributed by atoms with Crippen molar-refractivity contribution < 1.29 is 5.11 Å². The van der Waals surface area contributed by atoms with Gasteiger partial charge in [0.2, 0.25) is 0 Å². The second-order valence-corrected chi connectivity index (χ2v) is 4.19. The van der Waals surface area contributed by atoms with Gasteiger partial charge >= 0.3 is 69.8 Å². The maximum atomic E-state index is 9.39. The van der Waals surface area contributed by atoms with E-state index in [-0.39, 0.29) is 6.10 Å². The molecular weight excluding hydrogens is 219 g/mol. The molecule has 1 fully saturated rings. The average molecular weight is 233 g/mol. The molecule has 0 heterocycles. The fraction of sp³-hybridized carbons (Fsp3) is 1.00. The van der Waals surface area contributed by atoms with Crippen molar-refractivity contribution in [1.29, 1.82) is 0 Å². The van der Waals surface area contributed by atoms with Gasteiger partial charge in [-0.05, 0) is 0 Å². The summed E-state index contributed by atoms with van der Waals surface area (Å²) in [4.78, 5) is 0. The van der Waals surface area contributed by atoms with Gasteiger partial charge in [0.05, 0.1) is 0 Å². The molecule has 2 heteroatoms. The summed E-state index contributed by atoms with van der Waals surface area (Å²) in [5.74, 6) is 0.668. The van der Waals surface area contributed by atoms with Crippen molar-refractivity contribution in [2.24, 2.45) is 5.92 Å². The Bertz CT molecular complexity index is 85.0. The molecule has 2 radical (unpaired) electrons. The Hall–Kier alpha value is 0.759. The van der Waals surface area contributed by atoms with Crippen molar-refractivity contribution in [2.45, 2.75) is 36.2 Å². The van der Waals surface area contributed by atoms with Gasteiger partial charge in [0, 0.05) is 0 Å². The van der Waals surface area contributed by atoms with Crippen LogP contribution in [0.4, 0.5) is 0 Å². The molecule has 0 aromatic carbocycles. The van der Waals surface area contributed by atoms with Crippen molar-refractivity contribution in [1.82, 2.24) is 0 Å². The molecule has 0 aromatic rings. The summed E-state index contributed by atoms with van der Waals surface area (Å²) in [6, 6.07) is 0. The molecule has 1 N–H and O–H groups in total. The normalized spacial score (nSPS) is 36.7. The number of hydrogen-bond acceptors (Lipinski definition) is 1. The first-order valence-corrected chi connectivity index (χ1v) is 6.05. The van der Waals surface area contributed by atoms with Gasteiger partial charge in [0.15, 0.2) is 0 Å². The predicted octanol–water partition coefficient (Wildman–Crippen LogP) is 0.857. The van der Waals surface area contributed by atoms with Gasteiger partial charge in [0.25, 0.3) is 0 Å². The predicted molar refractivity (Wildman–Crippen MR) is 39.9 cm³/mol. The van der Waals surface area contributed by atoms with Crippen LogP contribution >= 0.6 is 0 Å². The van der Waals surface area contributed by atoms with Crippen molar-refractivity contribution in [3.05, 3.63) is 0 Å². The quantitative estimate of drug-likeness (QED) is 0.665. The molecule has 9 heavy (non-hydrogen) atoms. The average Bonchev–Trinajstić information content (AvgIpc) is 1.89. The van der Waals surface area contributed by atoms with Gasteiger partial charge in [-0.3, -0.25) is 0 Å². The summed E-state index contributed by atoms with van der Waals surface area (Å²) in [6.07, 6.45) is 4.99. The van der Waals surface area contributed by atoms with E-state index < -0.39 is 0 Å². The van der Waals surface area contributed by atoms with Gasteiger partial charge in [-0.25, -0.2) is 0 Å². The van der Waals surface area contributed by atoms with E-state index in [1.807, 2.05) is 0 Å². The van der Waals surface area contributed by atoms with Crippen LogP contribution in [-0.2, 0) is 0 Å². The second kappa shape index (κ2) is 3.81. The van der Waals surface area contributed by atoms with Crippen LogP contribution in [-0.4, -0.2) is 33.7 Å². The summed E-state index contributed by atoms with van der Waals surface area (Å²) in [5, 5.41) is 9.39. The first kappa shape index (κ1) is 7.86. The second-order valence-electron chi connectivity index (χ2n) is 2.85. The molecule has 0 aromatic heterocycles. The third-order valence-corrected chi connectivity index (χ3v) is 3.90. The summed E-state index contributed by atoms with van der Waals surface area (Å²) in [6.45, 7) is 0. The minimum absolute atomic E-state index is 0.0499. The third kappa shape index (κ3) is 2.11. The van der Waals surface area contributed by atoms with Gasteiger partial charge in [-0.15, -0.1) is 0 Å². The third-order valence-electron chi connectivity index (χ3n) is 2.17. The van der Waals surface area contributed by atoms with Crippen LogP contribution in [0.5, 0.6) is 0 Å². The van der Waals surface area contributed by atoms with E-state index in [0.717, 1.165) is 6.42 Å². The number of rotatable bonds is 1. The minimum atomic E-state index is 0.0499. The zero-order chi connectivity index (χ0) is 6.69. The van der Waals surface area contributed by atoms with Crippen molar-refractivity contribution in [2.75, 3.05) is 0 Å². The molecule has 0 spiro atoms. The molecule has 2 atom stereocenters. The van der Waals surface area contributed by atoms with E-state index in [0.29, 0.717) is 5.92 Å². The zero-order valence-corrected chi connectivity index (χ0v) is 9.01. The van der Waals surface area contributed by atoms with Crippen LogP contribution in [0.15, 0.2) is 0 Å². The van der Waals surface area contributed by atoms with Crippen LogP contribution < -0.4 is 0 Å². The molecule has 2 unspecified atom stereocenters. The van der Waals surface area contributed by atoms with Crippen LogP contribution in [0.2, 0.25) is 4.44 Å². The Kier molecular flexibility index (Phi) is 3.33. The molecule has 1 aliphatic carbocycles. The molecule has 0 amide bonds. The Labute approximate surface area is 69.9 Å². The van der Waals surface area contributed by atoms with E-state index in [1.165, 1.54) is 46.2 Å². The Balaban J connectivity index is 2.30. The zero-order valence-electron chi connectivity index (χ0n) is 5.71. The number of hydrogen-bond donors (Lipinski definition) is 1. The summed E-state index contributed by atoms with van der Waals surface area (Å²) in [7, 11) is 0. The van der Waals surface area contributed by atoms with Crippen LogP contribution in [0.25, 0.3) is 0 Å². The number of aliphatic hydroxyl groups is 1. The fourth-order valence-electron chi connectivity index (χ4n) is 1.46. The van der Waals surface area contributed by atoms with Gasteiger partial charge in [0.1, 0.15) is 0 Å². The molecule has 0 aliphatic heterocycles. The van der Waals surface area contributed by atoms with Crippen molar-refractivity contribution in [3.63, 3.8) is 0 Å². The molecule has 1 nitrogen and oxygen atoms in total.